The second-order valence-electron chi connectivity index (χ2n) is 8.97. The maximum absolute atomic E-state index is 13.6. The number of thioether (sulfide) groups is 1. The Labute approximate surface area is 211 Å². The fraction of sp³-hybridized carbons (Fsp3) is 0.333. The van der Waals surface area contributed by atoms with Gasteiger partial charge < -0.3 is 5.73 Å². The Bertz CT molecular complexity index is 1310. The molecular weight excluding hydrogens is 492 g/mol. The molecule has 0 radical (unpaired) electrons. The van der Waals surface area contributed by atoms with Gasteiger partial charge in [-0.1, -0.05) is 32.4 Å². The van der Waals surface area contributed by atoms with Gasteiger partial charge in [0.1, 0.15) is 11.5 Å². The van der Waals surface area contributed by atoms with Gasteiger partial charge in [-0.3, -0.25) is 19.8 Å². The van der Waals surface area contributed by atoms with E-state index in [1.165, 1.54) is 17.0 Å². The number of nitro groups is 1. The van der Waals surface area contributed by atoms with Crippen LogP contribution in [0.15, 0.2) is 56.5 Å². The number of allylic oxidation sites excluding steroid dienone is 3. The lowest BCUT2D eigenvalue weighted by Gasteiger charge is -2.43. The van der Waals surface area contributed by atoms with Crippen molar-refractivity contribution in [3.8, 4) is 6.07 Å². The van der Waals surface area contributed by atoms with Gasteiger partial charge in [-0.2, -0.15) is 5.26 Å². The van der Waals surface area contributed by atoms with Crippen LogP contribution >= 0.6 is 34.7 Å². The number of rotatable bonds is 5. The van der Waals surface area contributed by atoms with Crippen molar-refractivity contribution in [1.82, 2.24) is 0 Å². The SMILES string of the molecule is CCSc1sccc1C1C(C#N)=C(N)N(c2ccc(Cl)cc2[N+](=O)[O-])C2=C1C(=O)CC(C)(C)C2. The molecule has 0 bridgehead atoms. The van der Waals surface area contributed by atoms with Gasteiger partial charge in [-0.05, 0) is 46.7 Å². The number of thiophene rings is 1. The molecule has 1 aliphatic heterocycles. The Hall–Kier alpha value is -2.80. The number of hydrogen-bond acceptors (Lipinski definition) is 8. The summed E-state index contributed by atoms with van der Waals surface area (Å²) in [7, 11) is 0. The number of nitriles is 1. The molecular formula is C24H23ClN4O3S2. The number of carbonyl (C=O) groups excluding carboxylic acids is 1. The summed E-state index contributed by atoms with van der Waals surface area (Å²) in [5, 5.41) is 24.3. The monoisotopic (exact) mass is 514 g/mol. The lowest BCUT2D eigenvalue weighted by atomic mass is 9.69. The molecule has 0 amide bonds. The van der Waals surface area contributed by atoms with Crippen molar-refractivity contribution in [3.63, 3.8) is 0 Å². The summed E-state index contributed by atoms with van der Waals surface area (Å²) in [5.41, 5.74) is 8.37. The molecule has 2 aliphatic rings. The van der Waals surface area contributed by atoms with Crippen molar-refractivity contribution < 1.29 is 9.72 Å². The first kappa shape index (κ1) is 24.3. The number of halogens is 1. The van der Waals surface area contributed by atoms with E-state index in [4.69, 9.17) is 17.3 Å². The van der Waals surface area contributed by atoms with Crippen molar-refractivity contribution in [2.24, 2.45) is 11.1 Å². The molecule has 10 heteroatoms. The number of hydrogen-bond donors (Lipinski definition) is 1. The van der Waals surface area contributed by atoms with E-state index in [9.17, 15) is 20.2 Å². The summed E-state index contributed by atoms with van der Waals surface area (Å²) in [6, 6.07) is 8.48. The molecule has 0 saturated carbocycles. The second-order valence-corrected chi connectivity index (χ2v) is 11.9. The largest absolute Gasteiger partial charge is 0.384 e. The van der Waals surface area contributed by atoms with Crippen LogP contribution in [0.4, 0.5) is 11.4 Å². The van der Waals surface area contributed by atoms with Crippen LogP contribution in [0, 0.1) is 26.9 Å². The molecule has 0 fully saturated rings. The van der Waals surface area contributed by atoms with Crippen LogP contribution in [0.5, 0.6) is 0 Å². The molecule has 1 aliphatic carbocycles. The van der Waals surface area contributed by atoms with Gasteiger partial charge >= 0.3 is 0 Å². The quantitative estimate of drug-likeness (QED) is 0.280. The Kier molecular flexibility index (Phi) is 6.51. The molecule has 4 rings (SSSR count). The van der Waals surface area contributed by atoms with Gasteiger partial charge in [0, 0.05) is 28.8 Å². The van der Waals surface area contributed by atoms with Crippen LogP contribution in [-0.4, -0.2) is 16.5 Å². The predicted octanol–water partition coefficient (Wildman–Crippen LogP) is 6.36. The number of ketones is 1. The van der Waals surface area contributed by atoms with E-state index in [0.717, 1.165) is 15.5 Å². The maximum atomic E-state index is 13.6. The summed E-state index contributed by atoms with van der Waals surface area (Å²) < 4.78 is 1.03. The molecule has 0 spiro atoms. The minimum atomic E-state index is -0.605. The molecule has 0 saturated heterocycles. The van der Waals surface area contributed by atoms with Crippen LogP contribution < -0.4 is 10.6 Å². The molecule has 34 heavy (non-hydrogen) atoms. The lowest BCUT2D eigenvalue weighted by Crippen LogP contribution is -2.42. The molecule has 1 atom stereocenters. The highest BCUT2D eigenvalue weighted by Crippen LogP contribution is 2.53. The van der Waals surface area contributed by atoms with Crippen LogP contribution in [0.2, 0.25) is 5.02 Å². The van der Waals surface area contributed by atoms with Crippen molar-refractivity contribution in [1.29, 1.82) is 5.26 Å². The smallest absolute Gasteiger partial charge is 0.294 e. The predicted molar refractivity (Wildman–Crippen MR) is 136 cm³/mol. The van der Waals surface area contributed by atoms with Crippen molar-refractivity contribution in [3.05, 3.63) is 73.0 Å². The molecule has 2 N–H and O–H groups in total. The van der Waals surface area contributed by atoms with Gasteiger partial charge in [0.25, 0.3) is 5.69 Å². The number of nitrogens with two attached hydrogens (primary N) is 1. The standard InChI is InChI=1S/C24H23ClN4O3S2/c1-4-33-23-14(7-8-34-23)20-15(12-26)22(27)28(16-6-5-13(25)9-17(16)29(31)32)18-10-24(2,3)11-19(30)21(18)20/h5-9,20H,4,10-11,27H2,1-3H3. The van der Waals surface area contributed by atoms with E-state index in [0.29, 0.717) is 24.1 Å². The highest BCUT2D eigenvalue weighted by Gasteiger charge is 2.46. The fourth-order valence-electron chi connectivity index (χ4n) is 4.69. The van der Waals surface area contributed by atoms with Gasteiger partial charge in [0.15, 0.2) is 5.78 Å². The van der Waals surface area contributed by atoms with E-state index in [-0.39, 0.29) is 39.0 Å². The van der Waals surface area contributed by atoms with E-state index in [2.05, 4.69) is 6.07 Å². The minimum absolute atomic E-state index is 0.0724. The Morgan fingerprint density at radius 1 is 1.38 bits per heavy atom. The van der Waals surface area contributed by atoms with Gasteiger partial charge in [-0.15, -0.1) is 23.1 Å². The second kappa shape index (κ2) is 9.10. The van der Waals surface area contributed by atoms with E-state index in [1.54, 1.807) is 29.2 Å². The normalized spacial score (nSPS) is 19.8. The van der Waals surface area contributed by atoms with Gasteiger partial charge in [0.2, 0.25) is 0 Å². The molecule has 7 nitrogen and oxygen atoms in total. The number of nitrogens with zero attached hydrogens (tertiary/aromatic N) is 3. The first-order valence-corrected chi connectivity index (χ1v) is 12.9. The Morgan fingerprint density at radius 2 is 2.12 bits per heavy atom. The average molecular weight is 515 g/mol. The van der Waals surface area contributed by atoms with Crippen LogP contribution in [0.25, 0.3) is 0 Å². The minimum Gasteiger partial charge on any atom is -0.384 e. The number of benzene rings is 1. The molecule has 176 valence electrons. The third kappa shape index (κ3) is 4.11. The zero-order valence-corrected chi connectivity index (χ0v) is 21.3. The summed E-state index contributed by atoms with van der Waals surface area (Å²) in [6.45, 7) is 6.02. The summed E-state index contributed by atoms with van der Waals surface area (Å²) in [6.07, 6.45) is 0.794. The van der Waals surface area contributed by atoms with Crippen molar-refractivity contribution in [2.45, 2.75) is 43.7 Å². The van der Waals surface area contributed by atoms with Gasteiger partial charge in [-0.25, -0.2) is 0 Å². The molecule has 1 unspecified atom stereocenters. The topological polar surface area (TPSA) is 113 Å². The number of nitro benzene ring substituents is 1. The zero-order valence-electron chi connectivity index (χ0n) is 18.9. The summed E-state index contributed by atoms with van der Waals surface area (Å²) in [5.74, 6) is 0.265. The number of anilines is 1. The van der Waals surface area contributed by atoms with E-state index >= 15 is 0 Å². The summed E-state index contributed by atoms with van der Waals surface area (Å²) >= 11 is 9.27. The van der Waals surface area contributed by atoms with Crippen molar-refractivity contribution in [2.75, 3.05) is 10.7 Å². The van der Waals surface area contributed by atoms with E-state index in [1.807, 2.05) is 32.2 Å². The Morgan fingerprint density at radius 3 is 2.76 bits per heavy atom. The lowest BCUT2D eigenvalue weighted by molar-refractivity contribution is -0.384. The average Bonchev–Trinajstić information content (AvgIpc) is 3.20. The first-order valence-electron chi connectivity index (χ1n) is 10.7. The van der Waals surface area contributed by atoms with Crippen LogP contribution in [-0.2, 0) is 4.79 Å². The Balaban J connectivity index is 2.04. The zero-order chi connectivity index (χ0) is 24.8. The summed E-state index contributed by atoms with van der Waals surface area (Å²) in [4.78, 5) is 26.5. The fourth-order valence-corrected chi connectivity index (χ4v) is 6.93. The molecule has 1 aromatic carbocycles. The van der Waals surface area contributed by atoms with Crippen LogP contribution in [0.1, 0.15) is 45.1 Å². The van der Waals surface area contributed by atoms with Crippen LogP contribution in [0.3, 0.4) is 0 Å². The molecule has 2 heterocycles. The third-order valence-corrected chi connectivity index (χ3v) is 8.39. The molecule has 1 aromatic heterocycles. The number of Topliss-reactive ketones (excluding diaryl/α,β-unsaturated/α-hetero) is 1. The number of carbonyl (C=O) groups is 1. The van der Waals surface area contributed by atoms with Gasteiger partial charge in [0.05, 0.1) is 26.7 Å². The maximum Gasteiger partial charge on any atom is 0.294 e. The highest BCUT2D eigenvalue weighted by molar-refractivity contribution is 8.01. The highest BCUT2D eigenvalue weighted by atomic mass is 35.5. The molecule has 2 aromatic rings. The third-order valence-electron chi connectivity index (χ3n) is 6.00. The van der Waals surface area contributed by atoms with E-state index < -0.39 is 10.8 Å². The van der Waals surface area contributed by atoms with Crippen molar-refractivity contribution >= 4 is 51.9 Å². The first-order chi connectivity index (χ1) is 16.1.